The number of allylic oxidation sites excluding steroid dienone is 1. The van der Waals surface area contributed by atoms with Gasteiger partial charge in [0.1, 0.15) is 11.5 Å². The van der Waals surface area contributed by atoms with Gasteiger partial charge in [0.15, 0.2) is 0 Å². The highest BCUT2D eigenvalue weighted by Gasteiger charge is 2.13. The minimum atomic E-state index is 0.130. The van der Waals surface area contributed by atoms with Gasteiger partial charge in [-0.2, -0.15) is 5.26 Å². The van der Waals surface area contributed by atoms with Crippen molar-refractivity contribution in [3.05, 3.63) is 65.7 Å². The third-order valence-corrected chi connectivity index (χ3v) is 3.36. The summed E-state index contributed by atoms with van der Waals surface area (Å²) in [4.78, 5) is 0. The van der Waals surface area contributed by atoms with Crippen LogP contribution in [-0.4, -0.2) is 0 Å². The van der Waals surface area contributed by atoms with Crippen LogP contribution in [0.15, 0.2) is 54.6 Å². The van der Waals surface area contributed by atoms with Crippen LogP contribution in [-0.2, 0) is 5.41 Å². The maximum absolute atomic E-state index is 8.60. The third kappa shape index (κ3) is 3.89. The molecular formula is C19H20N2O. The van der Waals surface area contributed by atoms with Gasteiger partial charge in [-0.15, -0.1) is 0 Å². The molecule has 0 aromatic heterocycles. The maximum atomic E-state index is 8.60. The van der Waals surface area contributed by atoms with Crippen molar-refractivity contribution in [2.45, 2.75) is 26.2 Å². The van der Waals surface area contributed by atoms with Crippen LogP contribution in [0.1, 0.15) is 31.9 Å². The van der Waals surface area contributed by atoms with Gasteiger partial charge < -0.3 is 10.5 Å². The molecule has 112 valence electrons. The van der Waals surface area contributed by atoms with Crippen molar-refractivity contribution in [3.63, 3.8) is 0 Å². The Morgan fingerprint density at radius 2 is 1.50 bits per heavy atom. The van der Waals surface area contributed by atoms with E-state index in [0.717, 1.165) is 17.1 Å². The Balaban J connectivity index is 2.11. The van der Waals surface area contributed by atoms with Crippen molar-refractivity contribution in [3.8, 4) is 17.6 Å². The van der Waals surface area contributed by atoms with E-state index in [0.29, 0.717) is 5.70 Å². The first-order valence-electron chi connectivity index (χ1n) is 7.14. The molecule has 3 heteroatoms. The fourth-order valence-corrected chi connectivity index (χ4v) is 2.03. The number of nitrogens with two attached hydrogens (primary N) is 1. The van der Waals surface area contributed by atoms with Gasteiger partial charge in [0.25, 0.3) is 0 Å². The van der Waals surface area contributed by atoms with E-state index in [1.165, 1.54) is 11.6 Å². The molecular weight excluding hydrogens is 272 g/mol. The van der Waals surface area contributed by atoms with Crippen LogP contribution < -0.4 is 10.5 Å². The van der Waals surface area contributed by atoms with Crippen molar-refractivity contribution >= 4 is 5.70 Å². The van der Waals surface area contributed by atoms with Gasteiger partial charge in [-0.05, 0) is 52.9 Å². The summed E-state index contributed by atoms with van der Waals surface area (Å²) < 4.78 is 5.82. The van der Waals surface area contributed by atoms with Gasteiger partial charge in [-0.1, -0.05) is 32.9 Å². The molecule has 2 aromatic carbocycles. The van der Waals surface area contributed by atoms with Crippen molar-refractivity contribution in [1.82, 2.24) is 0 Å². The lowest BCUT2D eigenvalue weighted by Crippen LogP contribution is -2.10. The maximum Gasteiger partial charge on any atom is 0.127 e. The molecule has 0 aliphatic heterocycles. The van der Waals surface area contributed by atoms with E-state index in [1.54, 1.807) is 0 Å². The number of nitrogens with zero attached hydrogens (tertiary/aromatic N) is 1. The van der Waals surface area contributed by atoms with Gasteiger partial charge in [-0.3, -0.25) is 0 Å². The van der Waals surface area contributed by atoms with Crippen LogP contribution in [0.4, 0.5) is 0 Å². The third-order valence-electron chi connectivity index (χ3n) is 3.36. The Hall–Kier alpha value is -2.73. The van der Waals surface area contributed by atoms with Gasteiger partial charge in [0.2, 0.25) is 0 Å². The standard InChI is InChI=1S/C19H20N2O/c1-19(2,3)15-6-10-17(11-7-15)22-16-8-4-14(5-9-16)18(21)12-13-20/h4-12H,21H2,1-3H3/b18-12-. The van der Waals surface area contributed by atoms with Gasteiger partial charge >= 0.3 is 0 Å². The topological polar surface area (TPSA) is 59.0 Å². The van der Waals surface area contributed by atoms with Crippen LogP contribution >= 0.6 is 0 Å². The largest absolute Gasteiger partial charge is 0.457 e. The number of hydrogen-bond donors (Lipinski definition) is 1. The first-order chi connectivity index (χ1) is 10.4. The van der Waals surface area contributed by atoms with Crippen molar-refractivity contribution in [2.24, 2.45) is 5.73 Å². The highest BCUT2D eigenvalue weighted by atomic mass is 16.5. The van der Waals surface area contributed by atoms with E-state index in [4.69, 9.17) is 15.7 Å². The highest BCUT2D eigenvalue weighted by molar-refractivity contribution is 5.65. The molecule has 0 spiro atoms. The number of rotatable bonds is 3. The molecule has 0 saturated heterocycles. The van der Waals surface area contributed by atoms with E-state index in [2.05, 4.69) is 32.9 Å². The molecule has 2 aromatic rings. The fourth-order valence-electron chi connectivity index (χ4n) is 2.03. The van der Waals surface area contributed by atoms with E-state index in [1.807, 2.05) is 42.5 Å². The summed E-state index contributed by atoms with van der Waals surface area (Å²) in [6.45, 7) is 6.54. The molecule has 22 heavy (non-hydrogen) atoms. The van der Waals surface area contributed by atoms with Crippen LogP contribution in [0.25, 0.3) is 5.70 Å². The molecule has 0 saturated carbocycles. The van der Waals surface area contributed by atoms with Crippen molar-refractivity contribution in [2.75, 3.05) is 0 Å². The molecule has 0 bridgehead atoms. The molecule has 2 rings (SSSR count). The van der Waals surface area contributed by atoms with Gasteiger partial charge in [0.05, 0.1) is 6.07 Å². The average Bonchev–Trinajstić information content (AvgIpc) is 2.48. The first kappa shape index (κ1) is 15.7. The van der Waals surface area contributed by atoms with Crippen molar-refractivity contribution in [1.29, 1.82) is 5.26 Å². The second-order valence-corrected chi connectivity index (χ2v) is 6.13. The predicted octanol–water partition coefficient (Wildman–Crippen LogP) is 4.60. The Labute approximate surface area is 131 Å². The first-order valence-corrected chi connectivity index (χ1v) is 7.14. The van der Waals surface area contributed by atoms with Crippen LogP contribution in [0, 0.1) is 11.3 Å². The monoisotopic (exact) mass is 292 g/mol. The Morgan fingerprint density at radius 3 is 1.95 bits per heavy atom. The predicted molar refractivity (Wildman–Crippen MR) is 89.4 cm³/mol. The lowest BCUT2D eigenvalue weighted by Gasteiger charge is -2.19. The molecule has 2 N–H and O–H groups in total. The minimum absolute atomic E-state index is 0.130. The quantitative estimate of drug-likeness (QED) is 0.841. The number of nitriles is 1. The van der Waals surface area contributed by atoms with Crippen LogP contribution in [0.3, 0.4) is 0 Å². The Kier molecular flexibility index (Phi) is 4.53. The molecule has 0 atom stereocenters. The highest BCUT2D eigenvalue weighted by Crippen LogP contribution is 2.27. The number of ether oxygens (including phenoxy) is 1. The molecule has 0 heterocycles. The molecule has 0 radical (unpaired) electrons. The van der Waals surface area contributed by atoms with E-state index in [-0.39, 0.29) is 5.41 Å². The van der Waals surface area contributed by atoms with Crippen LogP contribution in [0.5, 0.6) is 11.5 Å². The fraction of sp³-hybridized carbons (Fsp3) is 0.211. The average molecular weight is 292 g/mol. The molecule has 0 aliphatic carbocycles. The smallest absolute Gasteiger partial charge is 0.127 e. The molecule has 0 amide bonds. The van der Waals surface area contributed by atoms with Gasteiger partial charge in [0, 0.05) is 11.8 Å². The summed E-state index contributed by atoms with van der Waals surface area (Å²) in [6.07, 6.45) is 1.32. The number of hydrogen-bond acceptors (Lipinski definition) is 3. The Bertz CT molecular complexity index is 699. The summed E-state index contributed by atoms with van der Waals surface area (Å²) in [7, 11) is 0. The molecule has 0 unspecified atom stereocenters. The lowest BCUT2D eigenvalue weighted by molar-refractivity contribution is 0.481. The Morgan fingerprint density at radius 1 is 1.00 bits per heavy atom. The normalized spacial score (nSPS) is 11.8. The SMILES string of the molecule is CC(C)(C)c1ccc(Oc2ccc(/C(N)=C/C#N)cc2)cc1. The summed E-state index contributed by atoms with van der Waals surface area (Å²) in [6, 6.07) is 17.4. The van der Waals surface area contributed by atoms with E-state index < -0.39 is 0 Å². The van der Waals surface area contributed by atoms with E-state index >= 15 is 0 Å². The van der Waals surface area contributed by atoms with Gasteiger partial charge in [-0.25, -0.2) is 0 Å². The summed E-state index contributed by atoms with van der Waals surface area (Å²) in [5.41, 5.74) is 8.41. The second kappa shape index (κ2) is 6.36. The zero-order valence-electron chi connectivity index (χ0n) is 13.1. The second-order valence-electron chi connectivity index (χ2n) is 6.13. The van der Waals surface area contributed by atoms with Crippen molar-refractivity contribution < 1.29 is 4.74 Å². The zero-order valence-corrected chi connectivity index (χ0v) is 13.1. The minimum Gasteiger partial charge on any atom is -0.457 e. The zero-order chi connectivity index (χ0) is 16.2. The molecule has 3 nitrogen and oxygen atoms in total. The molecule has 0 aliphatic rings. The summed E-state index contributed by atoms with van der Waals surface area (Å²) >= 11 is 0. The van der Waals surface area contributed by atoms with E-state index in [9.17, 15) is 0 Å². The summed E-state index contributed by atoms with van der Waals surface area (Å²) in [5.74, 6) is 1.53. The van der Waals surface area contributed by atoms with Crippen LogP contribution in [0.2, 0.25) is 0 Å². The lowest BCUT2D eigenvalue weighted by atomic mass is 9.87. The number of benzene rings is 2. The molecule has 0 fully saturated rings. The summed E-state index contributed by atoms with van der Waals surface area (Å²) in [5, 5.41) is 8.60.